The molecule has 1 atom stereocenters. The maximum Gasteiger partial charge on any atom is 0.338 e. The van der Waals surface area contributed by atoms with Gasteiger partial charge in [-0.05, 0) is 43.2 Å². The van der Waals surface area contributed by atoms with Crippen LogP contribution in [0.3, 0.4) is 0 Å². The number of fused-ring (bicyclic) bond motifs is 3. The number of carbonyl (C=O) groups excluding carboxylic acids is 1. The molecule has 6 heteroatoms. The van der Waals surface area contributed by atoms with Crippen molar-refractivity contribution in [3.05, 3.63) is 71.2 Å². The molecular formula is C22H22FN3O2. The molecule has 0 bridgehead atoms. The van der Waals surface area contributed by atoms with E-state index < -0.39 is 6.04 Å². The molecule has 2 aromatic carbocycles. The van der Waals surface area contributed by atoms with Crippen LogP contribution >= 0.6 is 0 Å². The number of halogens is 1. The summed E-state index contributed by atoms with van der Waals surface area (Å²) in [6.07, 6.45) is 1.55. The number of para-hydroxylation sites is 2. The molecule has 0 amide bonds. The summed E-state index contributed by atoms with van der Waals surface area (Å²) < 4.78 is 21.0. The number of hydrogen-bond acceptors (Lipinski definition) is 4. The van der Waals surface area contributed by atoms with E-state index in [4.69, 9.17) is 9.72 Å². The summed E-state index contributed by atoms with van der Waals surface area (Å²) in [4.78, 5) is 17.7. The van der Waals surface area contributed by atoms with E-state index in [0.29, 0.717) is 17.9 Å². The molecular weight excluding hydrogens is 357 g/mol. The fraction of sp³-hybridized carbons (Fsp3) is 0.273. The Labute approximate surface area is 162 Å². The van der Waals surface area contributed by atoms with E-state index >= 15 is 0 Å². The van der Waals surface area contributed by atoms with E-state index in [1.165, 1.54) is 12.1 Å². The zero-order valence-corrected chi connectivity index (χ0v) is 15.9. The monoisotopic (exact) mass is 379 g/mol. The number of ether oxygens (including phenoxy) is 1. The lowest BCUT2D eigenvalue weighted by atomic mass is 9.93. The van der Waals surface area contributed by atoms with Crippen molar-refractivity contribution >= 4 is 23.0 Å². The Morgan fingerprint density at radius 3 is 2.64 bits per heavy atom. The Balaban J connectivity index is 1.98. The van der Waals surface area contributed by atoms with Crippen LogP contribution in [0.4, 0.5) is 10.3 Å². The topological polar surface area (TPSA) is 56.2 Å². The molecule has 1 N–H and O–H groups in total. The van der Waals surface area contributed by atoms with Gasteiger partial charge < -0.3 is 10.1 Å². The lowest BCUT2D eigenvalue weighted by Crippen LogP contribution is -2.29. The molecule has 0 saturated carbocycles. The van der Waals surface area contributed by atoms with Crippen LogP contribution < -0.4 is 5.32 Å². The van der Waals surface area contributed by atoms with E-state index in [1.54, 1.807) is 19.1 Å². The Kier molecular flexibility index (Phi) is 4.86. The molecule has 0 spiro atoms. The van der Waals surface area contributed by atoms with Gasteiger partial charge in [0, 0.05) is 5.70 Å². The van der Waals surface area contributed by atoms with E-state index in [2.05, 4.69) is 12.2 Å². The summed E-state index contributed by atoms with van der Waals surface area (Å²) >= 11 is 0. The van der Waals surface area contributed by atoms with Crippen molar-refractivity contribution < 1.29 is 13.9 Å². The first-order valence-corrected chi connectivity index (χ1v) is 9.53. The van der Waals surface area contributed by atoms with Crippen LogP contribution in [-0.2, 0) is 9.53 Å². The van der Waals surface area contributed by atoms with Crippen LogP contribution in [0.1, 0.15) is 38.3 Å². The Hall–Kier alpha value is -3.15. The van der Waals surface area contributed by atoms with Gasteiger partial charge in [-0.3, -0.25) is 4.57 Å². The number of rotatable bonds is 5. The van der Waals surface area contributed by atoms with Gasteiger partial charge in [0.25, 0.3) is 0 Å². The van der Waals surface area contributed by atoms with Gasteiger partial charge >= 0.3 is 5.97 Å². The molecule has 4 rings (SSSR count). The van der Waals surface area contributed by atoms with Crippen molar-refractivity contribution in [2.75, 3.05) is 11.9 Å². The molecule has 5 nitrogen and oxygen atoms in total. The number of benzene rings is 2. The fourth-order valence-electron chi connectivity index (χ4n) is 3.74. The summed E-state index contributed by atoms with van der Waals surface area (Å²) in [7, 11) is 0. The summed E-state index contributed by atoms with van der Waals surface area (Å²) in [5.74, 6) is -0.00734. The minimum atomic E-state index is -0.440. The molecule has 144 valence electrons. The van der Waals surface area contributed by atoms with Crippen molar-refractivity contribution in [1.82, 2.24) is 9.55 Å². The van der Waals surface area contributed by atoms with Crippen LogP contribution in [0.2, 0.25) is 0 Å². The minimum absolute atomic E-state index is 0.287. The first-order chi connectivity index (χ1) is 13.6. The number of aromatic nitrogens is 2. The van der Waals surface area contributed by atoms with Crippen molar-refractivity contribution in [2.45, 2.75) is 32.7 Å². The predicted octanol–water partition coefficient (Wildman–Crippen LogP) is 4.81. The number of nitrogens with zero attached hydrogens (tertiary/aromatic N) is 2. The van der Waals surface area contributed by atoms with Gasteiger partial charge in [-0.2, -0.15) is 0 Å². The third-order valence-corrected chi connectivity index (χ3v) is 4.90. The molecule has 2 heterocycles. The zero-order valence-electron chi connectivity index (χ0n) is 15.9. The first kappa shape index (κ1) is 18.2. The fourth-order valence-corrected chi connectivity index (χ4v) is 3.74. The van der Waals surface area contributed by atoms with E-state index in [1.807, 2.05) is 28.8 Å². The molecule has 0 saturated heterocycles. The molecule has 0 aliphatic carbocycles. The quantitative estimate of drug-likeness (QED) is 0.647. The number of esters is 1. The summed E-state index contributed by atoms with van der Waals surface area (Å²) in [5.41, 5.74) is 3.89. The predicted molar refractivity (Wildman–Crippen MR) is 106 cm³/mol. The Morgan fingerprint density at radius 1 is 1.18 bits per heavy atom. The highest BCUT2D eigenvalue weighted by atomic mass is 19.1. The zero-order chi connectivity index (χ0) is 19.7. The number of allylic oxidation sites excluding steroid dienone is 1. The Morgan fingerprint density at radius 2 is 1.93 bits per heavy atom. The van der Waals surface area contributed by atoms with Gasteiger partial charge in [-0.1, -0.05) is 37.6 Å². The van der Waals surface area contributed by atoms with Crippen molar-refractivity contribution in [1.29, 1.82) is 0 Å². The second-order valence-electron chi connectivity index (χ2n) is 6.74. The first-order valence-electron chi connectivity index (χ1n) is 9.53. The third-order valence-electron chi connectivity index (χ3n) is 4.90. The average molecular weight is 379 g/mol. The highest BCUT2D eigenvalue weighted by Gasteiger charge is 2.35. The van der Waals surface area contributed by atoms with Gasteiger partial charge in [0.15, 0.2) is 0 Å². The second kappa shape index (κ2) is 7.46. The lowest BCUT2D eigenvalue weighted by molar-refractivity contribution is -0.139. The summed E-state index contributed by atoms with van der Waals surface area (Å²) in [6.45, 7) is 4.14. The maximum atomic E-state index is 13.6. The molecule has 28 heavy (non-hydrogen) atoms. The van der Waals surface area contributed by atoms with Crippen LogP contribution in [0, 0.1) is 5.82 Å². The van der Waals surface area contributed by atoms with Crippen LogP contribution in [0.15, 0.2) is 59.8 Å². The van der Waals surface area contributed by atoms with Gasteiger partial charge in [-0.25, -0.2) is 14.2 Å². The summed E-state index contributed by atoms with van der Waals surface area (Å²) in [6, 6.07) is 13.6. The highest BCUT2D eigenvalue weighted by Crippen LogP contribution is 2.40. The second-order valence-corrected chi connectivity index (χ2v) is 6.74. The number of hydrogen-bond donors (Lipinski definition) is 1. The molecule has 0 radical (unpaired) electrons. The van der Waals surface area contributed by atoms with Crippen LogP contribution in [-0.4, -0.2) is 22.1 Å². The molecule has 1 aliphatic rings. The average Bonchev–Trinajstić information content (AvgIpc) is 3.06. The van der Waals surface area contributed by atoms with Gasteiger partial charge in [0.1, 0.15) is 5.82 Å². The molecule has 0 fully saturated rings. The van der Waals surface area contributed by atoms with Crippen molar-refractivity contribution in [3.8, 4) is 0 Å². The molecule has 1 aliphatic heterocycles. The van der Waals surface area contributed by atoms with Crippen LogP contribution in [0.5, 0.6) is 0 Å². The van der Waals surface area contributed by atoms with Crippen LogP contribution in [0.25, 0.3) is 11.0 Å². The number of nitrogens with one attached hydrogen (secondary N) is 1. The number of imidazole rings is 1. The van der Waals surface area contributed by atoms with E-state index in [9.17, 15) is 9.18 Å². The Bertz CT molecular complexity index is 1050. The van der Waals surface area contributed by atoms with Crippen molar-refractivity contribution in [3.63, 3.8) is 0 Å². The van der Waals surface area contributed by atoms with Gasteiger partial charge in [0.2, 0.25) is 5.95 Å². The molecule has 1 aromatic heterocycles. The molecule has 1 unspecified atom stereocenters. The number of carbonyl (C=O) groups is 1. The van der Waals surface area contributed by atoms with E-state index in [0.717, 1.165) is 28.7 Å². The highest BCUT2D eigenvalue weighted by molar-refractivity contribution is 5.94. The van der Waals surface area contributed by atoms with Crippen molar-refractivity contribution in [2.24, 2.45) is 0 Å². The summed E-state index contributed by atoms with van der Waals surface area (Å²) in [5, 5.41) is 3.34. The lowest BCUT2D eigenvalue weighted by Gasteiger charge is -2.31. The standard InChI is InChI=1S/C22H22FN3O2/c1-3-7-17-19(21(27)28-4-2)20(14-10-12-15(23)13-11-14)26-18-9-6-5-8-16(18)24-22(26)25-17/h5-6,8-13,20H,3-4,7H2,1-2H3,(H,24,25). The van der Waals surface area contributed by atoms with Gasteiger partial charge in [-0.15, -0.1) is 0 Å². The van der Waals surface area contributed by atoms with E-state index in [-0.39, 0.29) is 18.4 Å². The minimum Gasteiger partial charge on any atom is -0.463 e. The smallest absolute Gasteiger partial charge is 0.338 e. The SMILES string of the molecule is CCCC1=C(C(=O)OCC)C(c2ccc(F)cc2)n2c(nc3ccccc32)N1. The maximum absolute atomic E-state index is 13.6. The number of anilines is 1. The molecule has 3 aromatic rings. The largest absolute Gasteiger partial charge is 0.463 e. The van der Waals surface area contributed by atoms with Gasteiger partial charge in [0.05, 0.1) is 29.3 Å². The normalized spacial score (nSPS) is 16.0. The third kappa shape index (κ3) is 3.05.